The first kappa shape index (κ1) is 69.0. The van der Waals surface area contributed by atoms with Crippen LogP contribution in [0.15, 0.2) is 373 Å². The third kappa shape index (κ3) is 13.6. The molecule has 2 aromatic heterocycles. The van der Waals surface area contributed by atoms with Gasteiger partial charge in [0.25, 0.3) is 0 Å². The molecule has 0 unspecified atom stereocenters. The van der Waals surface area contributed by atoms with Crippen molar-refractivity contribution >= 4 is 181 Å². The predicted octanol–water partition coefficient (Wildman–Crippen LogP) is 19.1. The zero-order chi connectivity index (χ0) is 67.0. The minimum atomic E-state index is -3.39. The molecule has 0 spiro atoms. The molecule has 0 atom stereocenters. The van der Waals surface area contributed by atoms with Gasteiger partial charge in [-0.05, 0) is 86.5 Å². The van der Waals surface area contributed by atoms with Crippen LogP contribution in [0.3, 0.4) is 0 Å². The molecule has 0 fully saturated rings. The Morgan fingerprint density at radius 3 is 1.09 bits per heavy atom. The molecule has 14 aromatic carbocycles. The second-order valence-electron chi connectivity index (χ2n) is 24.0. The van der Waals surface area contributed by atoms with Gasteiger partial charge in [0.15, 0.2) is 0 Å². The van der Waals surface area contributed by atoms with Crippen LogP contribution < -0.4 is 55.0 Å². The van der Waals surface area contributed by atoms with Crippen molar-refractivity contribution in [3.05, 3.63) is 380 Å². The standard InChI is InChI=1S/C42H30GeN2.C30H20Br2N2.C12H10Cl2Ge.C4H9.Li/c1-3-16-31(17-4-1)43(32-18-5-2-6-19-32)37-24-9-13-28-41(37)45(42-29-14-10-25-38(42)43)34-21-15-20-33(30-34)44-39-26-11-7-22-35(39)36-23-8-12-27-40(36)44;31-25-14-3-7-18-29(25)34(30-19-8-4-15-26(30)32)22-11-9-10-21(20-22)33-27-16-5-1-12-23(27)24-13-2-6-17-28(24)33;13-15(14,11-7-3-1-4-8-11)12-9-5-2-6-10-12;1-3-4-2;/h1-30H;1-20H;1-10H;1,3-4H2,2H3;/q;;;-1;+1. The number of fused-ring (bicyclic) bond motifs is 8. The van der Waals surface area contributed by atoms with Crippen LogP contribution in [0.5, 0.6) is 0 Å². The molecular formula is C88H69Br2Cl2Ge2LiN4. The summed E-state index contributed by atoms with van der Waals surface area (Å²) in [4.78, 5) is 4.78. The Hall–Kier alpha value is -8.50. The van der Waals surface area contributed by atoms with E-state index in [9.17, 15) is 0 Å². The fraction of sp³-hybridized carbons (Fsp3) is 0.0341. The number of hydrogen-bond acceptors (Lipinski definition) is 2. The van der Waals surface area contributed by atoms with Crippen LogP contribution >= 0.6 is 51.9 Å². The van der Waals surface area contributed by atoms with Gasteiger partial charge in [0.1, 0.15) is 0 Å². The normalized spacial score (nSPS) is 12.0. The minimum absolute atomic E-state index is 0. The van der Waals surface area contributed by atoms with E-state index >= 15 is 0 Å². The third-order valence-electron chi connectivity index (χ3n) is 18.2. The first-order chi connectivity index (χ1) is 48.2. The molecule has 0 N–H and O–H groups in total. The Labute approximate surface area is 623 Å². The molecule has 0 amide bonds. The Kier molecular flexibility index (Phi) is 21.9. The number of aromatic nitrogens is 2. The van der Waals surface area contributed by atoms with Crippen LogP contribution in [0.1, 0.15) is 19.8 Å². The van der Waals surface area contributed by atoms with Crippen LogP contribution in [0.2, 0.25) is 0 Å². The number of unbranched alkanes of at least 4 members (excludes halogenated alkanes) is 1. The van der Waals surface area contributed by atoms with E-state index in [1.165, 1.54) is 79.0 Å². The molecule has 4 nitrogen and oxygen atoms in total. The number of halogens is 4. The van der Waals surface area contributed by atoms with Gasteiger partial charge in [-0.3, -0.25) is 0 Å². The van der Waals surface area contributed by atoms with E-state index in [0.29, 0.717) is 0 Å². The van der Waals surface area contributed by atoms with Crippen molar-refractivity contribution in [2.45, 2.75) is 19.8 Å². The van der Waals surface area contributed by atoms with E-state index in [-0.39, 0.29) is 18.9 Å². The van der Waals surface area contributed by atoms with Gasteiger partial charge in [-0.2, -0.15) is 6.42 Å². The van der Waals surface area contributed by atoms with E-state index in [1.54, 1.807) is 0 Å². The van der Waals surface area contributed by atoms with Crippen molar-refractivity contribution < 1.29 is 18.9 Å². The molecule has 0 aliphatic carbocycles. The molecule has 16 aromatic rings. The molecule has 0 saturated heterocycles. The Bertz CT molecular complexity index is 5140. The van der Waals surface area contributed by atoms with Gasteiger partial charge in [0.05, 0.1) is 22.4 Å². The summed E-state index contributed by atoms with van der Waals surface area (Å²) in [6.07, 6.45) is 2.28. The van der Waals surface area contributed by atoms with E-state index in [4.69, 9.17) is 20.0 Å². The van der Waals surface area contributed by atoms with Crippen molar-refractivity contribution in [3.63, 3.8) is 0 Å². The fourth-order valence-corrected chi connectivity index (χ4v) is 31.3. The maximum absolute atomic E-state index is 6.54. The average Bonchev–Trinajstić information content (AvgIpc) is 1.24. The van der Waals surface area contributed by atoms with Crippen LogP contribution in [-0.4, -0.2) is 33.8 Å². The number of para-hydroxylation sites is 8. The van der Waals surface area contributed by atoms with Crippen LogP contribution in [0.25, 0.3) is 55.0 Å². The molecule has 3 heterocycles. The molecule has 478 valence electrons. The molecular weight excluding hydrogens is 1500 g/mol. The molecule has 1 aliphatic heterocycles. The van der Waals surface area contributed by atoms with Crippen molar-refractivity contribution in [1.82, 2.24) is 9.13 Å². The van der Waals surface area contributed by atoms with Crippen molar-refractivity contribution in [2.24, 2.45) is 0 Å². The quantitative estimate of drug-likeness (QED) is 0.0948. The van der Waals surface area contributed by atoms with E-state index in [1.807, 2.05) is 72.8 Å². The fourth-order valence-electron chi connectivity index (χ4n) is 13.8. The van der Waals surface area contributed by atoms with E-state index in [0.717, 1.165) is 58.3 Å². The summed E-state index contributed by atoms with van der Waals surface area (Å²) in [6, 6.07) is 130. The van der Waals surface area contributed by atoms with Gasteiger partial charge in [-0.1, -0.05) is 80.1 Å². The summed E-state index contributed by atoms with van der Waals surface area (Å²) in [5.41, 5.74) is 14.1. The molecule has 99 heavy (non-hydrogen) atoms. The molecule has 1 aliphatic rings. The Balaban J connectivity index is 0.000000143. The van der Waals surface area contributed by atoms with Crippen LogP contribution in [-0.2, 0) is 0 Å². The van der Waals surface area contributed by atoms with Crippen molar-refractivity contribution in [2.75, 3.05) is 9.80 Å². The van der Waals surface area contributed by atoms with Gasteiger partial charge in [-0.25, -0.2) is 0 Å². The summed E-state index contributed by atoms with van der Waals surface area (Å²) in [5, 5.41) is 5.07. The second kappa shape index (κ2) is 31.4. The van der Waals surface area contributed by atoms with Crippen LogP contribution in [0, 0.1) is 6.92 Å². The summed E-state index contributed by atoms with van der Waals surface area (Å²) in [6.45, 7) is 5.72. The molecule has 0 saturated carbocycles. The van der Waals surface area contributed by atoms with Crippen LogP contribution in [0.4, 0.5) is 34.1 Å². The van der Waals surface area contributed by atoms with Gasteiger partial charge in [-0.15, -0.1) is 0 Å². The molecule has 17 rings (SSSR count). The number of anilines is 6. The van der Waals surface area contributed by atoms with Crippen molar-refractivity contribution in [3.8, 4) is 11.4 Å². The van der Waals surface area contributed by atoms with Gasteiger partial charge < -0.3 is 16.4 Å². The number of rotatable bonds is 11. The average molecular weight is 1570 g/mol. The van der Waals surface area contributed by atoms with Gasteiger partial charge in [0.2, 0.25) is 0 Å². The Morgan fingerprint density at radius 2 is 0.687 bits per heavy atom. The summed E-state index contributed by atoms with van der Waals surface area (Å²) >= 11 is 1.11. The summed E-state index contributed by atoms with van der Waals surface area (Å²) in [7, 11) is 13.1. The van der Waals surface area contributed by atoms with Crippen molar-refractivity contribution in [1.29, 1.82) is 0 Å². The first-order valence-corrected chi connectivity index (χ1v) is 46.4. The van der Waals surface area contributed by atoms with Gasteiger partial charge >= 0.3 is 387 Å². The van der Waals surface area contributed by atoms with Gasteiger partial charge in [0, 0.05) is 31.1 Å². The van der Waals surface area contributed by atoms with E-state index in [2.05, 4.69) is 356 Å². The number of hydrogen-bond donors (Lipinski definition) is 0. The van der Waals surface area contributed by atoms with E-state index < -0.39 is 24.7 Å². The summed E-state index contributed by atoms with van der Waals surface area (Å²) in [5.74, 6) is 0. The number of benzene rings is 14. The third-order valence-corrected chi connectivity index (χ3v) is 38.7. The molecule has 0 bridgehead atoms. The topological polar surface area (TPSA) is 16.3 Å². The maximum atomic E-state index is 6.54. The Morgan fingerprint density at radius 1 is 0.364 bits per heavy atom. The second-order valence-corrected chi connectivity index (χ2v) is 45.3. The SMILES string of the molecule is Brc1ccccc1N(c1cccc(-n2c3ccccc3c3ccccc32)c1)c1ccccc1Br.[CH2-]CCC.[Cl][Ge]([Cl])([c]1ccccc1)[c]1ccccc1.[Li+].c1cc[c]([Ge]2([c]3ccccc3)[c]3ccccc3N(c3cccc(-n4c5ccccc5c5ccccc54)c3)c3cccc[c]32)cc1. The molecule has 11 heteroatoms. The monoisotopic (exact) mass is 1560 g/mol. The summed E-state index contributed by atoms with van der Waals surface area (Å²) < 4.78 is 14.8. The number of nitrogens with zero attached hydrogens (tertiary/aromatic N) is 4. The zero-order valence-corrected chi connectivity index (χ0v) is 63.9. The zero-order valence-electron chi connectivity index (χ0n) is 55.1. The first-order valence-electron chi connectivity index (χ1n) is 33.1. The molecule has 0 radical (unpaired) electrons. The predicted molar refractivity (Wildman–Crippen MR) is 433 cm³/mol.